The number of rotatable bonds is 1. The first-order chi connectivity index (χ1) is 11.0. The highest BCUT2D eigenvalue weighted by atomic mass is 79.9. The second kappa shape index (κ2) is 5.38. The maximum Gasteiger partial charge on any atom is 0.145 e. The predicted molar refractivity (Wildman–Crippen MR) is 98.7 cm³/mol. The largest absolute Gasteiger partial charge is 0.455 e. The van der Waals surface area contributed by atoms with E-state index in [-0.39, 0.29) is 0 Å². The molecule has 1 heterocycles. The zero-order valence-corrected chi connectivity index (χ0v) is 15.0. The van der Waals surface area contributed by atoms with Gasteiger partial charge in [-0.1, -0.05) is 48.0 Å². The Kier molecular flexibility index (Phi) is 3.46. The van der Waals surface area contributed by atoms with Crippen LogP contribution in [0.1, 0.15) is 41.0 Å². The molecule has 0 unspecified atom stereocenters. The van der Waals surface area contributed by atoms with Crippen molar-refractivity contribution < 1.29 is 4.74 Å². The second-order valence-corrected chi connectivity index (χ2v) is 7.53. The minimum Gasteiger partial charge on any atom is -0.455 e. The molecule has 4 rings (SSSR count). The molecular formula is C21H19BrO. The standard InChI is InChI=1S/C21H19BrO/c1-12-4-6-15(7-5-12)20-17-9-13(2)8-16(17)18-10-14(3)11-19(22)21(18)23-20/h4-7,10-11,16H,2,8-9H2,1,3H3/t16-/m0/s1. The van der Waals surface area contributed by atoms with Gasteiger partial charge in [-0.3, -0.25) is 0 Å². The van der Waals surface area contributed by atoms with E-state index >= 15 is 0 Å². The molecule has 2 heteroatoms. The molecule has 1 aliphatic carbocycles. The van der Waals surface area contributed by atoms with Crippen molar-refractivity contribution in [2.75, 3.05) is 0 Å². The molecule has 0 amide bonds. The molecular weight excluding hydrogens is 348 g/mol. The van der Waals surface area contributed by atoms with Gasteiger partial charge in [0.2, 0.25) is 0 Å². The van der Waals surface area contributed by atoms with E-state index in [4.69, 9.17) is 4.74 Å². The molecule has 1 atom stereocenters. The molecule has 116 valence electrons. The van der Waals surface area contributed by atoms with E-state index in [2.05, 4.69) is 72.8 Å². The summed E-state index contributed by atoms with van der Waals surface area (Å²) in [5.74, 6) is 2.39. The number of halogens is 1. The lowest BCUT2D eigenvalue weighted by molar-refractivity contribution is 0.477. The summed E-state index contributed by atoms with van der Waals surface area (Å²) in [7, 11) is 0. The summed E-state index contributed by atoms with van der Waals surface area (Å²) >= 11 is 3.69. The van der Waals surface area contributed by atoms with Crippen LogP contribution in [0.25, 0.3) is 5.76 Å². The van der Waals surface area contributed by atoms with Crippen molar-refractivity contribution >= 4 is 21.7 Å². The minimum atomic E-state index is 0.402. The Morgan fingerprint density at radius 1 is 1.09 bits per heavy atom. The van der Waals surface area contributed by atoms with Crippen LogP contribution in [0.3, 0.4) is 0 Å². The molecule has 23 heavy (non-hydrogen) atoms. The molecule has 0 radical (unpaired) electrons. The second-order valence-electron chi connectivity index (χ2n) is 6.67. The molecule has 2 aromatic rings. The van der Waals surface area contributed by atoms with Crippen molar-refractivity contribution in [1.82, 2.24) is 0 Å². The lowest BCUT2D eigenvalue weighted by atomic mass is 9.87. The van der Waals surface area contributed by atoms with E-state index in [0.29, 0.717) is 5.92 Å². The molecule has 0 saturated heterocycles. The van der Waals surface area contributed by atoms with Gasteiger partial charge >= 0.3 is 0 Å². The molecule has 1 fully saturated rings. The first-order valence-electron chi connectivity index (χ1n) is 7.97. The topological polar surface area (TPSA) is 9.23 Å². The molecule has 0 aromatic heterocycles. The van der Waals surface area contributed by atoms with Crippen molar-refractivity contribution in [3.63, 3.8) is 0 Å². The SMILES string of the molecule is C=C1CC2=C(c3ccc(C)cc3)Oc3c(Br)cc(C)cc3[C@H]2C1. The molecule has 1 saturated carbocycles. The lowest BCUT2D eigenvalue weighted by Gasteiger charge is -2.28. The average Bonchev–Trinajstić information content (AvgIpc) is 2.89. The fourth-order valence-corrected chi connectivity index (χ4v) is 4.32. The number of benzene rings is 2. The van der Waals surface area contributed by atoms with Gasteiger partial charge in [0.15, 0.2) is 0 Å². The highest BCUT2D eigenvalue weighted by molar-refractivity contribution is 9.10. The molecule has 0 bridgehead atoms. The third kappa shape index (κ3) is 2.46. The first-order valence-corrected chi connectivity index (χ1v) is 8.77. The number of aryl methyl sites for hydroxylation is 2. The molecule has 2 aliphatic rings. The Bertz CT molecular complexity index is 843. The van der Waals surface area contributed by atoms with E-state index < -0.39 is 0 Å². The maximum absolute atomic E-state index is 6.40. The van der Waals surface area contributed by atoms with Crippen molar-refractivity contribution in [2.45, 2.75) is 32.6 Å². The number of hydrogen-bond acceptors (Lipinski definition) is 1. The quantitative estimate of drug-likeness (QED) is 0.537. The van der Waals surface area contributed by atoms with Gasteiger partial charge in [-0.2, -0.15) is 0 Å². The highest BCUT2D eigenvalue weighted by Gasteiger charge is 2.36. The van der Waals surface area contributed by atoms with Gasteiger partial charge in [-0.15, -0.1) is 0 Å². The van der Waals surface area contributed by atoms with Crippen molar-refractivity contribution in [3.05, 3.63) is 80.8 Å². The Morgan fingerprint density at radius 3 is 2.57 bits per heavy atom. The smallest absolute Gasteiger partial charge is 0.145 e. The van der Waals surface area contributed by atoms with Gasteiger partial charge in [-0.05, 0) is 59.8 Å². The fourth-order valence-electron chi connectivity index (χ4n) is 3.65. The molecule has 2 aromatic carbocycles. The van der Waals surface area contributed by atoms with Gasteiger partial charge in [0.1, 0.15) is 11.5 Å². The summed E-state index contributed by atoms with van der Waals surface area (Å²) in [6.07, 6.45) is 1.97. The van der Waals surface area contributed by atoms with E-state index in [9.17, 15) is 0 Å². The first kappa shape index (κ1) is 14.8. The van der Waals surface area contributed by atoms with Gasteiger partial charge in [0.05, 0.1) is 4.47 Å². The Balaban J connectivity index is 1.91. The van der Waals surface area contributed by atoms with Crippen molar-refractivity contribution in [1.29, 1.82) is 0 Å². The minimum absolute atomic E-state index is 0.402. The molecule has 1 nitrogen and oxygen atoms in total. The third-order valence-electron chi connectivity index (χ3n) is 4.76. The van der Waals surface area contributed by atoms with Crippen molar-refractivity contribution in [3.8, 4) is 5.75 Å². The summed E-state index contributed by atoms with van der Waals surface area (Å²) in [5, 5.41) is 0. The highest BCUT2D eigenvalue weighted by Crippen LogP contribution is 2.53. The number of allylic oxidation sites excluding steroid dienone is 2. The summed E-state index contributed by atoms with van der Waals surface area (Å²) in [4.78, 5) is 0. The van der Waals surface area contributed by atoms with Crippen LogP contribution in [0, 0.1) is 13.8 Å². The summed E-state index contributed by atoms with van der Waals surface area (Å²) in [5.41, 5.74) is 7.65. The van der Waals surface area contributed by atoms with Crippen LogP contribution in [0.15, 0.2) is 58.6 Å². The van der Waals surface area contributed by atoms with E-state index in [0.717, 1.165) is 34.4 Å². The van der Waals surface area contributed by atoms with Crippen LogP contribution in [0.5, 0.6) is 5.75 Å². The predicted octanol–water partition coefficient (Wildman–Crippen LogP) is 6.30. The Morgan fingerprint density at radius 2 is 1.83 bits per heavy atom. The third-order valence-corrected chi connectivity index (χ3v) is 5.34. The van der Waals surface area contributed by atoms with Crippen LogP contribution in [0.2, 0.25) is 0 Å². The van der Waals surface area contributed by atoms with Crippen LogP contribution in [-0.2, 0) is 0 Å². The summed E-state index contributed by atoms with van der Waals surface area (Å²) in [6, 6.07) is 13.0. The number of ether oxygens (including phenoxy) is 1. The molecule has 1 aliphatic heterocycles. The fraction of sp³-hybridized carbons (Fsp3) is 0.238. The monoisotopic (exact) mass is 366 g/mol. The summed E-state index contributed by atoms with van der Waals surface area (Å²) in [6.45, 7) is 8.48. The van der Waals surface area contributed by atoms with Gasteiger partial charge in [0.25, 0.3) is 0 Å². The zero-order valence-electron chi connectivity index (χ0n) is 13.4. The van der Waals surface area contributed by atoms with Crippen LogP contribution in [0.4, 0.5) is 0 Å². The lowest BCUT2D eigenvalue weighted by Crippen LogP contribution is -2.12. The Labute approximate surface area is 145 Å². The van der Waals surface area contributed by atoms with E-state index in [1.165, 1.54) is 27.8 Å². The van der Waals surface area contributed by atoms with Crippen LogP contribution < -0.4 is 4.74 Å². The molecule has 0 N–H and O–H groups in total. The average molecular weight is 367 g/mol. The summed E-state index contributed by atoms with van der Waals surface area (Å²) < 4.78 is 7.43. The van der Waals surface area contributed by atoms with Gasteiger partial charge in [0, 0.05) is 17.0 Å². The van der Waals surface area contributed by atoms with Crippen LogP contribution >= 0.6 is 15.9 Å². The van der Waals surface area contributed by atoms with E-state index in [1.54, 1.807) is 0 Å². The Hall–Kier alpha value is -1.80. The van der Waals surface area contributed by atoms with Crippen LogP contribution in [-0.4, -0.2) is 0 Å². The van der Waals surface area contributed by atoms with Crippen molar-refractivity contribution in [2.24, 2.45) is 0 Å². The number of hydrogen-bond donors (Lipinski definition) is 0. The molecule has 0 spiro atoms. The normalized spacial score (nSPS) is 19.4. The maximum atomic E-state index is 6.40. The van der Waals surface area contributed by atoms with E-state index in [1.807, 2.05) is 0 Å². The van der Waals surface area contributed by atoms with Gasteiger partial charge in [-0.25, -0.2) is 0 Å². The van der Waals surface area contributed by atoms with Gasteiger partial charge < -0.3 is 4.74 Å². The zero-order chi connectivity index (χ0) is 16.1. The number of fused-ring (bicyclic) bond motifs is 3.